The van der Waals surface area contributed by atoms with Gasteiger partial charge in [-0.15, -0.1) is 0 Å². The molecule has 0 spiro atoms. The summed E-state index contributed by atoms with van der Waals surface area (Å²) >= 11 is 0. The maximum absolute atomic E-state index is 12.3. The van der Waals surface area contributed by atoms with Crippen LogP contribution in [0.15, 0.2) is 47.1 Å². The number of rotatable bonds is 8. The molecule has 0 aliphatic heterocycles. The van der Waals surface area contributed by atoms with E-state index in [4.69, 9.17) is 4.42 Å². The fourth-order valence-corrected chi connectivity index (χ4v) is 3.21. The maximum Gasteiger partial charge on any atom is 0.251 e. The minimum atomic E-state index is -0.183. The Morgan fingerprint density at radius 2 is 1.93 bits per heavy atom. The predicted molar refractivity (Wildman–Crippen MR) is 109 cm³/mol. The van der Waals surface area contributed by atoms with Crippen LogP contribution in [0.4, 0.5) is 0 Å². The number of nitrogens with one attached hydrogen (secondary N) is 2. The van der Waals surface area contributed by atoms with E-state index >= 15 is 0 Å². The van der Waals surface area contributed by atoms with E-state index in [-0.39, 0.29) is 11.8 Å². The average molecular weight is 394 g/mol. The minimum Gasteiger partial charge on any atom is -0.467 e. The Balaban J connectivity index is 1.49. The summed E-state index contributed by atoms with van der Waals surface area (Å²) < 4.78 is 7.05. The number of benzene rings is 1. The SMILES string of the molecule is Cc1nn(C)c(C)c1CCC(=O)NCc1cccc(C(=O)NCc2ccco2)c1. The molecule has 0 atom stereocenters. The molecule has 0 saturated heterocycles. The van der Waals surface area contributed by atoms with Gasteiger partial charge in [0.15, 0.2) is 0 Å². The lowest BCUT2D eigenvalue weighted by atomic mass is 10.1. The molecule has 0 unspecified atom stereocenters. The van der Waals surface area contributed by atoms with Gasteiger partial charge in [-0.25, -0.2) is 0 Å². The van der Waals surface area contributed by atoms with Crippen LogP contribution >= 0.6 is 0 Å². The fraction of sp³-hybridized carbons (Fsp3) is 0.318. The third kappa shape index (κ3) is 5.34. The highest BCUT2D eigenvalue weighted by atomic mass is 16.3. The summed E-state index contributed by atoms with van der Waals surface area (Å²) in [6, 6.07) is 10.8. The molecule has 3 rings (SSSR count). The number of hydrogen-bond acceptors (Lipinski definition) is 4. The van der Waals surface area contributed by atoms with Gasteiger partial charge in [0.2, 0.25) is 5.91 Å². The second-order valence-electron chi connectivity index (χ2n) is 7.01. The van der Waals surface area contributed by atoms with Crippen molar-refractivity contribution in [1.29, 1.82) is 0 Å². The number of aryl methyl sites for hydroxylation is 2. The summed E-state index contributed by atoms with van der Waals surface area (Å²) in [4.78, 5) is 24.6. The number of amides is 2. The topological polar surface area (TPSA) is 89.2 Å². The van der Waals surface area contributed by atoms with Crippen LogP contribution < -0.4 is 10.6 Å². The molecule has 2 aromatic heterocycles. The molecule has 2 N–H and O–H groups in total. The van der Waals surface area contributed by atoms with Gasteiger partial charge >= 0.3 is 0 Å². The second-order valence-corrected chi connectivity index (χ2v) is 7.01. The number of aromatic nitrogens is 2. The molecule has 29 heavy (non-hydrogen) atoms. The van der Waals surface area contributed by atoms with Gasteiger partial charge in [-0.1, -0.05) is 12.1 Å². The van der Waals surface area contributed by atoms with Crippen molar-refractivity contribution >= 4 is 11.8 Å². The Morgan fingerprint density at radius 1 is 1.10 bits per heavy atom. The monoisotopic (exact) mass is 394 g/mol. The number of carbonyl (C=O) groups excluding carboxylic acids is 2. The largest absolute Gasteiger partial charge is 0.467 e. The van der Waals surface area contributed by atoms with Crippen molar-refractivity contribution in [3.63, 3.8) is 0 Å². The number of furan rings is 1. The normalized spacial score (nSPS) is 10.7. The van der Waals surface area contributed by atoms with Gasteiger partial charge in [-0.3, -0.25) is 14.3 Å². The molecule has 3 aromatic rings. The lowest BCUT2D eigenvalue weighted by Crippen LogP contribution is -2.24. The highest BCUT2D eigenvalue weighted by Crippen LogP contribution is 2.14. The first-order chi connectivity index (χ1) is 13.9. The Labute approximate surface area is 170 Å². The van der Waals surface area contributed by atoms with Crippen molar-refractivity contribution in [1.82, 2.24) is 20.4 Å². The van der Waals surface area contributed by atoms with Gasteiger partial charge in [-0.2, -0.15) is 5.10 Å². The van der Waals surface area contributed by atoms with Gasteiger partial charge < -0.3 is 15.1 Å². The molecule has 0 aliphatic rings. The van der Waals surface area contributed by atoms with E-state index in [0.717, 1.165) is 22.5 Å². The number of carbonyl (C=O) groups is 2. The van der Waals surface area contributed by atoms with Crippen LogP contribution in [0.5, 0.6) is 0 Å². The molecule has 0 fully saturated rings. The summed E-state index contributed by atoms with van der Waals surface area (Å²) in [5, 5.41) is 10.1. The molecule has 7 nitrogen and oxygen atoms in total. The minimum absolute atomic E-state index is 0.0275. The van der Waals surface area contributed by atoms with E-state index in [1.54, 1.807) is 30.5 Å². The van der Waals surface area contributed by atoms with Gasteiger partial charge in [0.1, 0.15) is 5.76 Å². The summed E-state index contributed by atoms with van der Waals surface area (Å²) in [7, 11) is 1.91. The Morgan fingerprint density at radius 3 is 2.62 bits per heavy atom. The van der Waals surface area contributed by atoms with Crippen LogP contribution in [-0.2, 0) is 31.4 Å². The Bertz CT molecular complexity index is 990. The first-order valence-electron chi connectivity index (χ1n) is 9.59. The zero-order chi connectivity index (χ0) is 20.8. The predicted octanol–water partition coefficient (Wildman–Crippen LogP) is 2.81. The van der Waals surface area contributed by atoms with Crippen molar-refractivity contribution < 1.29 is 14.0 Å². The van der Waals surface area contributed by atoms with Crippen molar-refractivity contribution in [2.45, 2.75) is 39.8 Å². The van der Waals surface area contributed by atoms with E-state index in [2.05, 4.69) is 15.7 Å². The highest BCUT2D eigenvalue weighted by Gasteiger charge is 2.12. The fourth-order valence-electron chi connectivity index (χ4n) is 3.21. The van der Waals surface area contributed by atoms with Crippen LogP contribution in [0, 0.1) is 13.8 Å². The van der Waals surface area contributed by atoms with Gasteiger partial charge in [0.05, 0.1) is 18.5 Å². The van der Waals surface area contributed by atoms with Gasteiger partial charge in [-0.05, 0) is 55.7 Å². The average Bonchev–Trinajstić information content (AvgIpc) is 3.31. The highest BCUT2D eigenvalue weighted by molar-refractivity contribution is 5.94. The van der Waals surface area contributed by atoms with Crippen molar-refractivity contribution in [2.75, 3.05) is 0 Å². The third-order valence-electron chi connectivity index (χ3n) is 4.94. The zero-order valence-corrected chi connectivity index (χ0v) is 17.0. The van der Waals surface area contributed by atoms with Crippen LogP contribution in [0.1, 0.15) is 45.1 Å². The van der Waals surface area contributed by atoms with E-state index < -0.39 is 0 Å². The van der Waals surface area contributed by atoms with Crippen LogP contribution in [0.3, 0.4) is 0 Å². The van der Waals surface area contributed by atoms with Crippen LogP contribution in [0.2, 0.25) is 0 Å². The summed E-state index contributed by atoms with van der Waals surface area (Å²) in [5.41, 5.74) is 4.59. The molecule has 0 aliphatic carbocycles. The molecule has 7 heteroatoms. The lowest BCUT2D eigenvalue weighted by molar-refractivity contribution is -0.121. The standard InChI is InChI=1S/C22H26N4O3/c1-15-20(16(2)26(3)25-15)9-10-21(27)23-13-17-6-4-7-18(12-17)22(28)24-14-19-8-5-11-29-19/h4-8,11-12H,9-10,13-14H2,1-3H3,(H,23,27)(H,24,28). The van der Waals surface area contributed by atoms with Crippen LogP contribution in [-0.4, -0.2) is 21.6 Å². The molecular weight excluding hydrogens is 368 g/mol. The van der Waals surface area contributed by atoms with E-state index in [9.17, 15) is 9.59 Å². The lowest BCUT2D eigenvalue weighted by Gasteiger charge is -2.08. The maximum atomic E-state index is 12.3. The molecular formula is C22H26N4O3. The second kappa shape index (κ2) is 9.23. The number of nitrogens with zero attached hydrogens (tertiary/aromatic N) is 2. The number of hydrogen-bond donors (Lipinski definition) is 2. The van der Waals surface area contributed by atoms with Crippen LogP contribution in [0.25, 0.3) is 0 Å². The van der Waals surface area contributed by atoms with E-state index in [1.165, 1.54) is 0 Å². The first kappa shape index (κ1) is 20.4. The first-order valence-corrected chi connectivity index (χ1v) is 9.59. The molecule has 0 saturated carbocycles. The van der Waals surface area contributed by atoms with Gasteiger partial charge in [0, 0.05) is 31.3 Å². The van der Waals surface area contributed by atoms with Gasteiger partial charge in [0.25, 0.3) is 5.91 Å². The molecule has 0 radical (unpaired) electrons. The van der Waals surface area contributed by atoms with E-state index in [0.29, 0.717) is 37.3 Å². The molecule has 1 aromatic carbocycles. The quantitative estimate of drug-likeness (QED) is 0.615. The molecule has 2 heterocycles. The Hall–Kier alpha value is -3.35. The molecule has 152 valence electrons. The van der Waals surface area contributed by atoms with Crippen molar-refractivity contribution in [3.05, 3.63) is 76.5 Å². The molecule has 0 bridgehead atoms. The zero-order valence-electron chi connectivity index (χ0n) is 17.0. The summed E-state index contributed by atoms with van der Waals surface area (Å²) in [6.07, 6.45) is 2.63. The van der Waals surface area contributed by atoms with Crippen molar-refractivity contribution in [3.8, 4) is 0 Å². The van der Waals surface area contributed by atoms with E-state index in [1.807, 2.05) is 37.7 Å². The van der Waals surface area contributed by atoms with Crippen molar-refractivity contribution in [2.24, 2.45) is 7.05 Å². The third-order valence-corrected chi connectivity index (χ3v) is 4.94. The summed E-state index contributed by atoms with van der Waals surface area (Å²) in [5.74, 6) is 0.485. The Kier molecular flexibility index (Phi) is 6.49. The summed E-state index contributed by atoms with van der Waals surface area (Å²) in [6.45, 7) is 4.68. The smallest absolute Gasteiger partial charge is 0.251 e. The molecule has 2 amide bonds.